The minimum Gasteiger partial charge on any atom is -0.489 e. The fourth-order valence-electron chi connectivity index (χ4n) is 3.16. The van der Waals surface area contributed by atoms with Gasteiger partial charge in [-0.1, -0.05) is 48.5 Å². The predicted octanol–water partition coefficient (Wildman–Crippen LogP) is 3.56. The van der Waals surface area contributed by atoms with Gasteiger partial charge in [0.25, 0.3) is 0 Å². The van der Waals surface area contributed by atoms with E-state index in [-0.39, 0.29) is 0 Å². The summed E-state index contributed by atoms with van der Waals surface area (Å²) >= 11 is 0. The number of guanidine groups is 1. The number of hydrogen-bond acceptors (Lipinski definition) is 4. The second-order valence-electron chi connectivity index (χ2n) is 7.02. The van der Waals surface area contributed by atoms with Gasteiger partial charge in [0.05, 0.1) is 13.1 Å². The molecule has 0 radical (unpaired) electrons. The number of rotatable bonds is 8. The van der Waals surface area contributed by atoms with E-state index >= 15 is 0 Å². The first-order chi connectivity index (χ1) is 15.3. The van der Waals surface area contributed by atoms with Crippen molar-refractivity contribution in [3.63, 3.8) is 0 Å². The van der Waals surface area contributed by atoms with Crippen LogP contribution in [0.3, 0.4) is 0 Å². The fraction of sp³-hybridized carbons (Fsp3) is 0.208. The molecule has 4 aromatic rings. The molecule has 0 aliphatic rings. The molecule has 0 spiro atoms. The molecule has 0 fully saturated rings. The van der Waals surface area contributed by atoms with Crippen LogP contribution in [-0.4, -0.2) is 27.1 Å². The first-order valence-electron chi connectivity index (χ1n) is 10.4. The lowest BCUT2D eigenvalue weighted by Gasteiger charge is -2.11. The standard InChI is InChI=1S/C24H26N6O/c1-2-25-24(27-17-23-29-28-22-13-6-7-14-30(22)23)26-16-20-11-8-12-21(15-20)31-18-19-9-4-3-5-10-19/h3-15H,2,16-18H2,1H3,(H2,25,26,27). The van der Waals surface area contributed by atoms with Crippen LogP contribution in [0.4, 0.5) is 0 Å². The molecule has 0 saturated carbocycles. The number of pyridine rings is 1. The van der Waals surface area contributed by atoms with Gasteiger partial charge in [0.15, 0.2) is 17.4 Å². The molecule has 0 aliphatic carbocycles. The Hall–Kier alpha value is -3.87. The smallest absolute Gasteiger partial charge is 0.191 e. The summed E-state index contributed by atoms with van der Waals surface area (Å²) in [7, 11) is 0. The van der Waals surface area contributed by atoms with Crippen molar-refractivity contribution in [3.8, 4) is 5.75 Å². The van der Waals surface area contributed by atoms with Gasteiger partial charge < -0.3 is 15.4 Å². The quantitative estimate of drug-likeness (QED) is 0.341. The van der Waals surface area contributed by atoms with E-state index in [1.807, 2.05) is 72.1 Å². The predicted molar refractivity (Wildman–Crippen MR) is 122 cm³/mol. The van der Waals surface area contributed by atoms with Crippen molar-refractivity contribution in [2.24, 2.45) is 4.99 Å². The first kappa shape index (κ1) is 20.4. The Morgan fingerprint density at radius 3 is 2.65 bits per heavy atom. The van der Waals surface area contributed by atoms with Gasteiger partial charge in [0.1, 0.15) is 12.4 Å². The second-order valence-corrected chi connectivity index (χ2v) is 7.02. The minimum absolute atomic E-state index is 0.525. The van der Waals surface area contributed by atoms with Crippen molar-refractivity contribution in [3.05, 3.63) is 95.9 Å². The zero-order valence-corrected chi connectivity index (χ0v) is 17.5. The van der Waals surface area contributed by atoms with Crippen molar-refractivity contribution < 1.29 is 4.74 Å². The normalized spacial score (nSPS) is 11.5. The van der Waals surface area contributed by atoms with Crippen molar-refractivity contribution in [1.82, 2.24) is 25.2 Å². The highest BCUT2D eigenvalue weighted by Crippen LogP contribution is 2.16. The molecule has 7 heteroatoms. The summed E-state index contributed by atoms with van der Waals surface area (Å²) < 4.78 is 7.89. The van der Waals surface area contributed by atoms with Crippen molar-refractivity contribution in [2.45, 2.75) is 26.6 Å². The second kappa shape index (κ2) is 10.2. The van der Waals surface area contributed by atoms with Crippen LogP contribution in [0.15, 0.2) is 84.0 Å². The number of benzene rings is 2. The van der Waals surface area contributed by atoms with E-state index < -0.39 is 0 Å². The number of fused-ring (bicyclic) bond motifs is 1. The van der Waals surface area contributed by atoms with Crippen LogP contribution in [-0.2, 0) is 19.7 Å². The van der Waals surface area contributed by atoms with Gasteiger partial charge in [-0.05, 0) is 42.3 Å². The molecular formula is C24H26N6O. The van der Waals surface area contributed by atoms with Gasteiger partial charge in [-0.25, -0.2) is 4.99 Å². The zero-order chi connectivity index (χ0) is 21.3. The Labute approximate surface area is 181 Å². The van der Waals surface area contributed by atoms with Crippen molar-refractivity contribution in [2.75, 3.05) is 6.54 Å². The number of ether oxygens (including phenoxy) is 1. The van der Waals surface area contributed by atoms with Gasteiger partial charge in [0.2, 0.25) is 0 Å². The maximum absolute atomic E-state index is 5.93. The number of nitrogens with one attached hydrogen (secondary N) is 2. The van der Waals surface area contributed by atoms with E-state index in [0.717, 1.165) is 40.9 Å². The lowest BCUT2D eigenvalue weighted by molar-refractivity contribution is 0.306. The Balaban J connectivity index is 1.37. The summed E-state index contributed by atoms with van der Waals surface area (Å²) in [4.78, 5) is 4.70. The third-order valence-electron chi connectivity index (χ3n) is 4.71. The zero-order valence-electron chi connectivity index (χ0n) is 17.5. The van der Waals surface area contributed by atoms with Gasteiger partial charge >= 0.3 is 0 Å². The SMILES string of the molecule is CCNC(=NCc1cccc(OCc2ccccc2)c1)NCc1nnc2ccccn12. The van der Waals surface area contributed by atoms with Gasteiger partial charge in [-0.3, -0.25) is 4.40 Å². The van der Waals surface area contributed by atoms with Crippen molar-refractivity contribution in [1.29, 1.82) is 0 Å². The Morgan fingerprint density at radius 2 is 1.77 bits per heavy atom. The maximum Gasteiger partial charge on any atom is 0.191 e. The van der Waals surface area contributed by atoms with Crippen LogP contribution in [0.5, 0.6) is 5.75 Å². The van der Waals surface area contributed by atoms with Gasteiger partial charge in [-0.15, -0.1) is 10.2 Å². The maximum atomic E-state index is 5.93. The summed E-state index contributed by atoms with van der Waals surface area (Å²) in [6.07, 6.45) is 1.96. The third kappa shape index (κ3) is 5.60. The van der Waals surface area contributed by atoms with Crippen LogP contribution in [0.25, 0.3) is 5.65 Å². The number of nitrogens with zero attached hydrogens (tertiary/aromatic N) is 4. The van der Waals surface area contributed by atoms with E-state index in [1.165, 1.54) is 0 Å². The molecule has 0 unspecified atom stereocenters. The highest BCUT2D eigenvalue weighted by atomic mass is 16.5. The fourth-order valence-corrected chi connectivity index (χ4v) is 3.16. The Bertz CT molecular complexity index is 1140. The van der Waals surface area contributed by atoms with Crippen LogP contribution in [0, 0.1) is 0 Å². The summed E-state index contributed by atoms with van der Waals surface area (Å²) in [6.45, 7) is 4.42. The molecule has 158 valence electrons. The van der Waals surface area contributed by atoms with E-state index in [1.54, 1.807) is 0 Å². The molecule has 0 bridgehead atoms. The molecule has 31 heavy (non-hydrogen) atoms. The average molecular weight is 415 g/mol. The molecule has 0 aliphatic heterocycles. The third-order valence-corrected chi connectivity index (χ3v) is 4.71. The van der Waals surface area contributed by atoms with E-state index in [2.05, 4.69) is 39.0 Å². The minimum atomic E-state index is 0.525. The largest absolute Gasteiger partial charge is 0.489 e. The summed E-state index contributed by atoms with van der Waals surface area (Å²) in [6, 6.07) is 24.0. The van der Waals surface area contributed by atoms with Crippen molar-refractivity contribution >= 4 is 11.6 Å². The molecule has 0 atom stereocenters. The summed E-state index contributed by atoms with van der Waals surface area (Å²) in [5, 5.41) is 15.0. The van der Waals surface area contributed by atoms with E-state index in [9.17, 15) is 0 Å². The van der Waals surface area contributed by atoms with Crippen LogP contribution in [0.1, 0.15) is 23.9 Å². The Morgan fingerprint density at radius 1 is 0.935 bits per heavy atom. The molecule has 2 aromatic heterocycles. The Kier molecular flexibility index (Phi) is 6.74. The lowest BCUT2D eigenvalue weighted by Crippen LogP contribution is -2.37. The van der Waals surface area contributed by atoms with Gasteiger partial charge in [0, 0.05) is 12.7 Å². The van der Waals surface area contributed by atoms with Crippen LogP contribution < -0.4 is 15.4 Å². The molecule has 0 amide bonds. The molecule has 2 N–H and O–H groups in total. The van der Waals surface area contributed by atoms with E-state index in [4.69, 9.17) is 9.73 Å². The molecule has 0 saturated heterocycles. The van der Waals surface area contributed by atoms with Crippen LogP contribution >= 0.6 is 0 Å². The number of aromatic nitrogens is 3. The highest BCUT2D eigenvalue weighted by molar-refractivity contribution is 5.79. The molecule has 2 heterocycles. The molecular weight excluding hydrogens is 388 g/mol. The molecule has 4 rings (SSSR count). The molecule has 2 aromatic carbocycles. The van der Waals surface area contributed by atoms with Crippen LogP contribution in [0.2, 0.25) is 0 Å². The first-order valence-corrected chi connectivity index (χ1v) is 10.4. The van der Waals surface area contributed by atoms with E-state index in [0.29, 0.717) is 19.7 Å². The lowest BCUT2D eigenvalue weighted by atomic mass is 10.2. The summed E-state index contributed by atoms with van der Waals surface area (Å²) in [5.74, 6) is 2.40. The average Bonchev–Trinajstić information content (AvgIpc) is 3.24. The van der Waals surface area contributed by atoms with Gasteiger partial charge in [-0.2, -0.15) is 0 Å². The topological polar surface area (TPSA) is 75.8 Å². The number of hydrogen-bond donors (Lipinski definition) is 2. The monoisotopic (exact) mass is 414 g/mol. The number of aliphatic imine (C=N–C) groups is 1. The highest BCUT2D eigenvalue weighted by Gasteiger charge is 2.06. The molecule has 7 nitrogen and oxygen atoms in total. The summed E-state index contributed by atoms with van der Waals surface area (Å²) in [5.41, 5.74) is 3.05.